The Hall–Kier alpha value is -1.79. The number of benzene rings is 1. The predicted molar refractivity (Wildman–Crippen MR) is 95.2 cm³/mol. The largest absolute Gasteiger partial charge is 0.508 e. The van der Waals surface area contributed by atoms with Crippen molar-refractivity contribution in [3.63, 3.8) is 0 Å². The van der Waals surface area contributed by atoms with E-state index in [2.05, 4.69) is 25.1 Å². The van der Waals surface area contributed by atoms with Crippen LogP contribution in [0.15, 0.2) is 12.1 Å². The number of rotatable bonds is 4. The van der Waals surface area contributed by atoms with Crippen LogP contribution in [0.3, 0.4) is 0 Å². The molecule has 3 heteroatoms. The summed E-state index contributed by atoms with van der Waals surface area (Å²) in [6.45, 7) is 14.5. The molecule has 124 valence electrons. The average molecular weight is 305 g/mol. The maximum Gasteiger partial charge on any atom is 0.149 e. The molecule has 2 N–H and O–H groups in total. The van der Waals surface area contributed by atoms with Crippen molar-refractivity contribution >= 4 is 5.78 Å². The van der Waals surface area contributed by atoms with E-state index >= 15 is 0 Å². The van der Waals surface area contributed by atoms with E-state index < -0.39 is 0 Å². The Bertz CT molecular complexity index is 451. The third-order valence-electron chi connectivity index (χ3n) is 3.24. The van der Waals surface area contributed by atoms with Gasteiger partial charge >= 0.3 is 0 Å². The van der Waals surface area contributed by atoms with E-state index in [4.69, 9.17) is 5.11 Å². The van der Waals surface area contributed by atoms with Gasteiger partial charge in [-0.3, -0.25) is 4.79 Å². The number of phenols is 1. The number of hydrogen-bond acceptors (Lipinski definition) is 3. The molecule has 1 aromatic rings. The van der Waals surface area contributed by atoms with Gasteiger partial charge in [0.2, 0.25) is 0 Å². The zero-order valence-electron chi connectivity index (χ0n) is 15.0. The highest BCUT2D eigenvalue weighted by Crippen LogP contribution is 2.18. The molecule has 0 unspecified atom stereocenters. The minimum atomic E-state index is 0.159. The molecule has 0 fully saturated rings. The van der Waals surface area contributed by atoms with Gasteiger partial charge in [0.1, 0.15) is 11.5 Å². The van der Waals surface area contributed by atoms with Crippen molar-refractivity contribution in [2.24, 2.45) is 5.92 Å². The predicted octanol–water partition coefficient (Wildman–Crippen LogP) is 3.78. The summed E-state index contributed by atoms with van der Waals surface area (Å²) in [5, 5.41) is 12.2. The molecule has 0 atom stereocenters. The van der Waals surface area contributed by atoms with Crippen molar-refractivity contribution in [2.45, 2.75) is 54.5 Å². The smallest absolute Gasteiger partial charge is 0.149 e. The molecule has 0 aliphatic heterocycles. The van der Waals surface area contributed by atoms with E-state index in [9.17, 15) is 4.79 Å². The van der Waals surface area contributed by atoms with Crippen LogP contribution in [0.5, 0.6) is 5.75 Å². The van der Waals surface area contributed by atoms with Crippen LogP contribution in [0.1, 0.15) is 44.4 Å². The number of phenolic OH excluding ortho intramolecular Hbond substituents is 1. The minimum Gasteiger partial charge on any atom is -0.508 e. The van der Waals surface area contributed by atoms with Gasteiger partial charge in [-0.25, -0.2) is 0 Å². The van der Waals surface area contributed by atoms with Crippen molar-refractivity contribution in [2.75, 3.05) is 6.54 Å². The van der Waals surface area contributed by atoms with Gasteiger partial charge in [0.25, 0.3) is 0 Å². The van der Waals surface area contributed by atoms with Crippen LogP contribution in [0, 0.1) is 39.5 Å². The number of Topliss-reactive ketones (excluding diaryl/α,β-unsaturated/α-hetero) is 1. The maximum absolute atomic E-state index is 11.0. The molecule has 0 saturated heterocycles. The molecule has 0 aliphatic carbocycles. The molecule has 0 saturated carbocycles. The van der Waals surface area contributed by atoms with Gasteiger partial charge in [0, 0.05) is 12.0 Å². The molecule has 1 aromatic carbocycles. The second-order valence-electron chi connectivity index (χ2n) is 5.86. The van der Waals surface area contributed by atoms with Crippen LogP contribution in [0.2, 0.25) is 0 Å². The molecule has 3 nitrogen and oxygen atoms in total. The summed E-state index contributed by atoms with van der Waals surface area (Å²) < 4.78 is 0. The second-order valence-corrected chi connectivity index (χ2v) is 5.86. The Labute approximate surface area is 136 Å². The quantitative estimate of drug-likeness (QED) is 0.832. The summed E-state index contributed by atoms with van der Waals surface area (Å²) in [4.78, 5) is 11.0. The van der Waals surface area contributed by atoms with Crippen molar-refractivity contribution < 1.29 is 9.90 Å². The highest BCUT2D eigenvalue weighted by Gasteiger charge is 2.06. The Balaban J connectivity index is 0. The van der Waals surface area contributed by atoms with E-state index in [0.29, 0.717) is 18.3 Å². The molecular formula is C19H31NO2. The number of nitrogens with one attached hydrogen (secondary N) is 1. The Morgan fingerprint density at radius 2 is 1.50 bits per heavy atom. The topological polar surface area (TPSA) is 49.3 Å². The Kier molecular flexibility index (Phi) is 12.1. The molecule has 1 rings (SSSR count). The lowest BCUT2D eigenvalue weighted by Crippen LogP contribution is -2.31. The fraction of sp³-hybridized carbons (Fsp3) is 0.526. The molecule has 0 aliphatic rings. The lowest BCUT2D eigenvalue weighted by Gasteiger charge is -2.08. The molecule has 0 bridgehead atoms. The van der Waals surface area contributed by atoms with Crippen LogP contribution in [0.4, 0.5) is 0 Å². The minimum absolute atomic E-state index is 0.159. The summed E-state index contributed by atoms with van der Waals surface area (Å²) in [6.07, 6.45) is 8.00. The van der Waals surface area contributed by atoms with E-state index in [1.807, 2.05) is 41.5 Å². The van der Waals surface area contributed by atoms with Gasteiger partial charge in [0.15, 0.2) is 0 Å². The van der Waals surface area contributed by atoms with Gasteiger partial charge in [-0.2, -0.15) is 0 Å². The maximum atomic E-state index is 11.0. The number of carbonyl (C=O) groups is 1. The van der Waals surface area contributed by atoms with Crippen LogP contribution in [-0.4, -0.2) is 23.5 Å². The number of ketones is 1. The van der Waals surface area contributed by atoms with Crippen LogP contribution < -0.4 is 5.32 Å². The third-order valence-corrected chi connectivity index (χ3v) is 3.24. The van der Waals surface area contributed by atoms with Crippen LogP contribution in [-0.2, 0) is 4.79 Å². The Morgan fingerprint density at radius 3 is 1.82 bits per heavy atom. The monoisotopic (exact) mass is 305 g/mol. The molecule has 0 heterocycles. The number of aromatic hydroxyl groups is 1. The normalized spacial score (nSPS) is 9.59. The summed E-state index contributed by atoms with van der Waals surface area (Å²) in [5.41, 5.74) is 3.56. The van der Waals surface area contributed by atoms with Gasteiger partial charge in [0.05, 0.1) is 6.54 Å². The van der Waals surface area contributed by atoms with Gasteiger partial charge in [-0.15, -0.1) is 12.8 Å². The summed E-state index contributed by atoms with van der Waals surface area (Å²) in [5.74, 6) is 0.806. The standard InChI is InChI=1S/C9H12O.C8H17NO.C2H2/c1-6-4-9(10)5-7(2)8(6)3;1-6(2)8(10)5-9-7(3)4;1-2/h4-5,10H,1-3H3;6-7,9H,5H2,1-4H3;1-2H. The molecule has 22 heavy (non-hydrogen) atoms. The lowest BCUT2D eigenvalue weighted by atomic mass is 10.0. The van der Waals surface area contributed by atoms with Crippen LogP contribution >= 0.6 is 0 Å². The number of aryl methyl sites for hydroxylation is 2. The second kappa shape index (κ2) is 11.8. The summed E-state index contributed by atoms with van der Waals surface area (Å²) >= 11 is 0. The summed E-state index contributed by atoms with van der Waals surface area (Å²) in [6, 6.07) is 3.97. The first-order valence-corrected chi connectivity index (χ1v) is 7.51. The zero-order chi connectivity index (χ0) is 17.9. The highest BCUT2D eigenvalue weighted by atomic mass is 16.3. The molecule has 0 radical (unpaired) electrons. The molecule has 0 spiro atoms. The lowest BCUT2D eigenvalue weighted by molar-refractivity contribution is -0.121. The first-order chi connectivity index (χ1) is 10.1. The SMILES string of the molecule is C#C.CC(C)NCC(=O)C(C)C.Cc1cc(O)cc(C)c1C. The highest BCUT2D eigenvalue weighted by molar-refractivity contribution is 5.82. The fourth-order valence-corrected chi connectivity index (χ4v) is 1.52. The van der Waals surface area contributed by atoms with Crippen molar-refractivity contribution in [1.82, 2.24) is 5.32 Å². The van der Waals surface area contributed by atoms with E-state index in [1.54, 1.807) is 12.1 Å². The summed E-state index contributed by atoms with van der Waals surface area (Å²) in [7, 11) is 0. The third kappa shape index (κ3) is 10.0. The fourth-order valence-electron chi connectivity index (χ4n) is 1.52. The average Bonchev–Trinajstić information content (AvgIpc) is 2.44. The van der Waals surface area contributed by atoms with Gasteiger partial charge in [-0.05, 0) is 49.6 Å². The van der Waals surface area contributed by atoms with E-state index in [1.165, 1.54) is 5.56 Å². The number of hydrogen-bond donors (Lipinski definition) is 2. The zero-order valence-corrected chi connectivity index (χ0v) is 15.0. The molecular weight excluding hydrogens is 274 g/mol. The van der Waals surface area contributed by atoms with Crippen molar-refractivity contribution in [1.29, 1.82) is 0 Å². The number of terminal acetylenes is 1. The van der Waals surface area contributed by atoms with E-state index in [-0.39, 0.29) is 11.7 Å². The van der Waals surface area contributed by atoms with Gasteiger partial charge in [-0.1, -0.05) is 27.7 Å². The Morgan fingerprint density at radius 1 is 1.09 bits per heavy atom. The first kappa shape index (κ1) is 22.5. The van der Waals surface area contributed by atoms with Crippen molar-refractivity contribution in [3.05, 3.63) is 28.8 Å². The van der Waals surface area contributed by atoms with E-state index in [0.717, 1.165) is 11.1 Å². The van der Waals surface area contributed by atoms with Crippen molar-refractivity contribution in [3.8, 4) is 18.6 Å². The molecule has 0 aromatic heterocycles. The van der Waals surface area contributed by atoms with Gasteiger partial charge < -0.3 is 10.4 Å². The van der Waals surface area contributed by atoms with Crippen LogP contribution in [0.25, 0.3) is 0 Å². The number of carbonyl (C=O) groups excluding carboxylic acids is 1. The molecule has 0 amide bonds. The first-order valence-electron chi connectivity index (χ1n) is 7.51.